The van der Waals surface area contributed by atoms with E-state index in [4.69, 9.17) is 11.6 Å². The Morgan fingerprint density at radius 1 is 1.07 bits per heavy atom. The molecule has 29 heavy (non-hydrogen) atoms. The Bertz CT molecular complexity index is 1040. The van der Waals surface area contributed by atoms with Crippen LogP contribution in [0.25, 0.3) is 5.69 Å². The standard InChI is InChI=1S/C22H22ClN3O2S/c23-20-12-11-17(29-20)14-24-18-4-3-5-19(18)25-22(28)15-7-9-16(10-8-15)26-13-2-1-6-21(26)27/h1-2,6-13,18-19,24H,3-5,14H2,(H,25,28). The average molecular weight is 428 g/mol. The minimum atomic E-state index is -0.100. The zero-order chi connectivity index (χ0) is 20.2. The largest absolute Gasteiger partial charge is 0.348 e. The van der Waals surface area contributed by atoms with Crippen molar-refractivity contribution in [1.82, 2.24) is 15.2 Å². The van der Waals surface area contributed by atoms with E-state index in [0.717, 1.165) is 35.8 Å². The summed E-state index contributed by atoms with van der Waals surface area (Å²) in [6, 6.07) is 16.4. The number of pyridine rings is 1. The molecule has 2 aromatic heterocycles. The Morgan fingerprint density at radius 3 is 2.59 bits per heavy atom. The van der Waals surface area contributed by atoms with Gasteiger partial charge in [-0.3, -0.25) is 14.2 Å². The fourth-order valence-corrected chi connectivity index (χ4v) is 4.76. The SMILES string of the molecule is O=C(NC1CCCC1NCc1ccc(Cl)s1)c1ccc(-n2ccccc2=O)cc1. The van der Waals surface area contributed by atoms with Crippen LogP contribution in [0, 0.1) is 0 Å². The van der Waals surface area contributed by atoms with Gasteiger partial charge in [0.25, 0.3) is 11.5 Å². The number of benzene rings is 1. The predicted octanol–water partition coefficient (Wildman–Crippen LogP) is 3.99. The highest BCUT2D eigenvalue weighted by atomic mass is 35.5. The zero-order valence-corrected chi connectivity index (χ0v) is 17.4. The van der Waals surface area contributed by atoms with Crippen molar-refractivity contribution in [3.8, 4) is 5.69 Å². The molecule has 3 aromatic rings. The topological polar surface area (TPSA) is 63.1 Å². The summed E-state index contributed by atoms with van der Waals surface area (Å²) >= 11 is 7.57. The Morgan fingerprint density at radius 2 is 1.86 bits per heavy atom. The van der Waals surface area contributed by atoms with Crippen molar-refractivity contribution in [1.29, 1.82) is 0 Å². The number of nitrogens with zero attached hydrogens (tertiary/aromatic N) is 1. The van der Waals surface area contributed by atoms with Gasteiger partial charge in [0.2, 0.25) is 0 Å². The summed E-state index contributed by atoms with van der Waals surface area (Å²) in [7, 11) is 0. The molecule has 1 fully saturated rings. The Kier molecular flexibility index (Phi) is 6.13. The number of hydrogen-bond acceptors (Lipinski definition) is 4. The molecule has 1 saturated carbocycles. The molecule has 0 bridgehead atoms. The highest BCUT2D eigenvalue weighted by Crippen LogP contribution is 2.24. The van der Waals surface area contributed by atoms with E-state index in [0.29, 0.717) is 5.56 Å². The van der Waals surface area contributed by atoms with Crippen LogP contribution < -0.4 is 16.2 Å². The summed E-state index contributed by atoms with van der Waals surface area (Å²) in [5, 5.41) is 6.72. The van der Waals surface area contributed by atoms with E-state index in [9.17, 15) is 9.59 Å². The molecule has 1 aliphatic carbocycles. The van der Waals surface area contributed by atoms with Gasteiger partial charge in [-0.1, -0.05) is 17.7 Å². The maximum atomic E-state index is 12.7. The van der Waals surface area contributed by atoms with Crippen LogP contribution in [-0.4, -0.2) is 22.6 Å². The molecule has 1 aromatic carbocycles. The van der Waals surface area contributed by atoms with Crippen molar-refractivity contribution in [3.05, 3.63) is 85.9 Å². The van der Waals surface area contributed by atoms with Crippen LogP contribution in [0.15, 0.2) is 65.6 Å². The van der Waals surface area contributed by atoms with E-state index in [-0.39, 0.29) is 23.6 Å². The number of rotatable bonds is 6. The molecule has 0 spiro atoms. The second-order valence-electron chi connectivity index (χ2n) is 7.16. The number of hydrogen-bond donors (Lipinski definition) is 2. The lowest BCUT2D eigenvalue weighted by molar-refractivity contribution is 0.0931. The normalized spacial score (nSPS) is 18.7. The van der Waals surface area contributed by atoms with Gasteiger partial charge < -0.3 is 10.6 Å². The molecular formula is C22H22ClN3O2S. The van der Waals surface area contributed by atoms with Crippen LogP contribution in [-0.2, 0) is 6.54 Å². The molecular weight excluding hydrogens is 406 g/mol. The minimum Gasteiger partial charge on any atom is -0.348 e. The van der Waals surface area contributed by atoms with Gasteiger partial charge in [0.05, 0.1) is 4.34 Å². The predicted molar refractivity (Wildman–Crippen MR) is 117 cm³/mol. The monoisotopic (exact) mass is 427 g/mol. The van der Waals surface area contributed by atoms with Gasteiger partial charge in [-0.2, -0.15) is 0 Å². The first-order chi connectivity index (χ1) is 14.1. The Labute approximate surface area is 178 Å². The molecule has 0 saturated heterocycles. The van der Waals surface area contributed by atoms with E-state index in [1.807, 2.05) is 12.1 Å². The van der Waals surface area contributed by atoms with Crippen molar-refractivity contribution in [2.24, 2.45) is 0 Å². The third kappa shape index (κ3) is 4.78. The summed E-state index contributed by atoms with van der Waals surface area (Å²) < 4.78 is 2.34. The van der Waals surface area contributed by atoms with Gasteiger partial charge in [0.15, 0.2) is 0 Å². The van der Waals surface area contributed by atoms with Crippen molar-refractivity contribution >= 4 is 28.8 Å². The summed E-state index contributed by atoms with van der Waals surface area (Å²) in [6.07, 6.45) is 4.81. The minimum absolute atomic E-state index is 0.0881. The quantitative estimate of drug-likeness (QED) is 0.625. The first-order valence-electron chi connectivity index (χ1n) is 9.67. The van der Waals surface area contributed by atoms with Crippen LogP contribution in [0.1, 0.15) is 34.5 Å². The number of carbonyl (C=O) groups excluding carboxylic acids is 1. The lowest BCUT2D eigenvalue weighted by Crippen LogP contribution is -2.46. The van der Waals surface area contributed by atoms with Gasteiger partial charge in [-0.25, -0.2) is 0 Å². The van der Waals surface area contributed by atoms with Gasteiger partial charge in [0, 0.05) is 47.0 Å². The lowest BCUT2D eigenvalue weighted by atomic mass is 10.1. The molecule has 0 aliphatic heterocycles. The maximum absolute atomic E-state index is 12.7. The molecule has 2 N–H and O–H groups in total. The van der Waals surface area contributed by atoms with E-state index in [1.165, 1.54) is 10.9 Å². The smallest absolute Gasteiger partial charge is 0.255 e. The van der Waals surface area contributed by atoms with Gasteiger partial charge in [-0.05, 0) is 61.7 Å². The Balaban J connectivity index is 1.38. The van der Waals surface area contributed by atoms with Crippen molar-refractivity contribution in [2.45, 2.75) is 37.9 Å². The Hall–Kier alpha value is -2.41. The van der Waals surface area contributed by atoms with E-state index < -0.39 is 0 Å². The van der Waals surface area contributed by atoms with E-state index in [1.54, 1.807) is 58.5 Å². The molecule has 2 unspecified atom stereocenters. The molecule has 150 valence electrons. The highest BCUT2D eigenvalue weighted by Gasteiger charge is 2.28. The lowest BCUT2D eigenvalue weighted by Gasteiger charge is -2.22. The van der Waals surface area contributed by atoms with Crippen molar-refractivity contribution in [3.63, 3.8) is 0 Å². The van der Waals surface area contributed by atoms with E-state index >= 15 is 0 Å². The number of thiophene rings is 1. The molecule has 5 nitrogen and oxygen atoms in total. The molecule has 1 amide bonds. The first kappa shape index (κ1) is 19.9. The third-order valence-electron chi connectivity index (χ3n) is 5.23. The van der Waals surface area contributed by atoms with Gasteiger partial charge >= 0.3 is 0 Å². The molecule has 0 radical (unpaired) electrons. The number of nitrogens with one attached hydrogen (secondary N) is 2. The third-order valence-corrected chi connectivity index (χ3v) is 6.46. The van der Waals surface area contributed by atoms with Gasteiger partial charge in [0.1, 0.15) is 0 Å². The fourth-order valence-electron chi connectivity index (χ4n) is 3.72. The second-order valence-corrected chi connectivity index (χ2v) is 8.96. The van der Waals surface area contributed by atoms with Crippen LogP contribution in [0.4, 0.5) is 0 Å². The summed E-state index contributed by atoms with van der Waals surface area (Å²) in [4.78, 5) is 25.8. The highest BCUT2D eigenvalue weighted by molar-refractivity contribution is 7.16. The van der Waals surface area contributed by atoms with Crippen LogP contribution >= 0.6 is 22.9 Å². The van der Waals surface area contributed by atoms with Crippen LogP contribution in [0.3, 0.4) is 0 Å². The summed E-state index contributed by atoms with van der Waals surface area (Å²) in [5.74, 6) is -0.0881. The van der Waals surface area contributed by atoms with Crippen LogP contribution in [0.2, 0.25) is 4.34 Å². The number of halogens is 1. The van der Waals surface area contributed by atoms with E-state index in [2.05, 4.69) is 10.6 Å². The molecule has 7 heteroatoms. The number of aromatic nitrogens is 1. The molecule has 2 atom stereocenters. The molecule has 2 heterocycles. The van der Waals surface area contributed by atoms with Gasteiger partial charge in [-0.15, -0.1) is 11.3 Å². The van der Waals surface area contributed by atoms with Crippen molar-refractivity contribution < 1.29 is 4.79 Å². The number of carbonyl (C=O) groups is 1. The van der Waals surface area contributed by atoms with Crippen molar-refractivity contribution in [2.75, 3.05) is 0 Å². The average Bonchev–Trinajstić information content (AvgIpc) is 3.35. The first-order valence-corrected chi connectivity index (χ1v) is 10.9. The molecule has 1 aliphatic rings. The molecule has 4 rings (SSSR count). The zero-order valence-electron chi connectivity index (χ0n) is 15.8. The number of amides is 1. The second kappa shape index (κ2) is 8.95. The fraction of sp³-hybridized carbons (Fsp3) is 0.273. The maximum Gasteiger partial charge on any atom is 0.255 e. The van der Waals surface area contributed by atoms with Crippen LogP contribution in [0.5, 0.6) is 0 Å². The summed E-state index contributed by atoms with van der Waals surface area (Å²) in [6.45, 7) is 0.759. The summed E-state index contributed by atoms with van der Waals surface area (Å²) in [5.41, 5.74) is 1.23.